The molecule has 0 radical (unpaired) electrons. The predicted octanol–water partition coefficient (Wildman–Crippen LogP) is -0.134. The lowest BCUT2D eigenvalue weighted by atomic mass is 10.1. The van der Waals surface area contributed by atoms with Crippen LogP contribution >= 0.6 is 0 Å². The summed E-state index contributed by atoms with van der Waals surface area (Å²) >= 11 is 0. The lowest BCUT2D eigenvalue weighted by Crippen LogP contribution is -2.52. The number of amides is 7. The minimum Gasteiger partial charge on any atom is -0.350 e. The fourth-order valence-corrected chi connectivity index (χ4v) is 4.87. The molecular formula is C33H48N6O9. The summed E-state index contributed by atoms with van der Waals surface area (Å²) in [4.78, 5) is 98.8. The molecule has 0 spiro atoms. The lowest BCUT2D eigenvalue weighted by Gasteiger charge is -2.19. The number of nitrogens with zero attached hydrogens (tertiary/aromatic N) is 1. The molecule has 3 atom stereocenters. The van der Waals surface area contributed by atoms with Gasteiger partial charge in [0.25, 0.3) is 0 Å². The van der Waals surface area contributed by atoms with Crippen molar-refractivity contribution in [3.8, 4) is 0 Å². The van der Waals surface area contributed by atoms with Crippen molar-refractivity contribution in [3.05, 3.63) is 35.9 Å². The molecule has 1 aliphatic rings. The van der Waals surface area contributed by atoms with Crippen LogP contribution in [-0.4, -0.2) is 97.1 Å². The molecule has 15 heteroatoms. The molecule has 15 nitrogen and oxygen atoms in total. The van der Waals surface area contributed by atoms with Crippen LogP contribution in [0.15, 0.2) is 30.3 Å². The van der Waals surface area contributed by atoms with Gasteiger partial charge in [-0.1, -0.05) is 57.0 Å². The van der Waals surface area contributed by atoms with E-state index in [1.165, 1.54) is 11.8 Å². The third-order valence-corrected chi connectivity index (χ3v) is 7.56. The first-order valence-corrected chi connectivity index (χ1v) is 16.3. The Morgan fingerprint density at radius 2 is 1.50 bits per heavy atom. The number of ketones is 1. The smallest absolute Gasteiger partial charge is 0.243 e. The number of nitrogens with one attached hydrogen (secondary N) is 5. The van der Waals surface area contributed by atoms with E-state index in [4.69, 9.17) is 4.74 Å². The summed E-state index contributed by atoms with van der Waals surface area (Å²) in [6.45, 7) is 3.98. The van der Waals surface area contributed by atoms with Gasteiger partial charge in [0.2, 0.25) is 41.4 Å². The average molecular weight is 673 g/mol. The zero-order valence-electron chi connectivity index (χ0n) is 27.9. The molecule has 5 N–H and O–H groups in total. The van der Waals surface area contributed by atoms with Gasteiger partial charge in [0.1, 0.15) is 18.9 Å². The Balaban J connectivity index is 1.72. The molecule has 1 aromatic carbocycles. The van der Waals surface area contributed by atoms with Crippen LogP contribution in [0.25, 0.3) is 0 Å². The van der Waals surface area contributed by atoms with Gasteiger partial charge in [-0.05, 0) is 31.7 Å². The summed E-state index contributed by atoms with van der Waals surface area (Å²) in [5, 5.41) is 12.4. The van der Waals surface area contributed by atoms with E-state index < -0.39 is 48.9 Å². The standard InChI is InChI=1S/C33H48N6O9/c1-4-11-26(23(3)40)48-21-37-29(43)19-36-32(46)25(17-24-12-7-5-8-13-24)38-30(44)20-35-28(42)18-34-27(41)14-9-6-10-15-39-31(45)16-22(2)33(39)47/h5,7-8,12-13,22,25-26H,4,6,9-11,14-21H2,1-3H3,(H,34,41)(H,35,42)(H,36,46)(H,37,43)(H,38,44). The van der Waals surface area contributed by atoms with Gasteiger partial charge in [0, 0.05) is 31.7 Å². The van der Waals surface area contributed by atoms with Gasteiger partial charge in [-0.3, -0.25) is 43.3 Å². The normalized spacial score (nSPS) is 15.3. The van der Waals surface area contributed by atoms with Crippen LogP contribution < -0.4 is 26.6 Å². The number of unbranched alkanes of at least 4 members (excludes halogenated alkanes) is 2. The fraction of sp³-hybridized carbons (Fsp3) is 0.576. The van der Waals surface area contributed by atoms with Crippen molar-refractivity contribution in [2.24, 2.45) is 5.92 Å². The highest BCUT2D eigenvalue weighted by molar-refractivity contribution is 6.03. The van der Waals surface area contributed by atoms with Crippen molar-refractivity contribution in [3.63, 3.8) is 0 Å². The Kier molecular flexibility index (Phi) is 17.5. The second-order valence-electron chi connectivity index (χ2n) is 11.7. The Labute approximate surface area is 280 Å². The van der Waals surface area contributed by atoms with Crippen LogP contribution in [0.5, 0.6) is 0 Å². The Bertz CT molecular complexity index is 1290. The van der Waals surface area contributed by atoms with E-state index in [-0.39, 0.29) is 62.0 Å². The van der Waals surface area contributed by atoms with Crippen molar-refractivity contribution in [2.45, 2.75) is 84.3 Å². The van der Waals surface area contributed by atoms with E-state index >= 15 is 0 Å². The lowest BCUT2D eigenvalue weighted by molar-refractivity contribution is -0.139. The summed E-state index contributed by atoms with van der Waals surface area (Å²) in [6, 6.07) is 7.85. The van der Waals surface area contributed by atoms with Gasteiger partial charge >= 0.3 is 0 Å². The molecule has 1 aliphatic heterocycles. The van der Waals surface area contributed by atoms with Gasteiger partial charge in [0.15, 0.2) is 5.78 Å². The summed E-state index contributed by atoms with van der Waals surface area (Å²) in [7, 11) is 0. The first-order chi connectivity index (χ1) is 22.9. The zero-order chi connectivity index (χ0) is 35.5. The molecule has 1 aromatic rings. The molecule has 48 heavy (non-hydrogen) atoms. The van der Waals surface area contributed by atoms with Crippen LogP contribution in [0.4, 0.5) is 0 Å². The summed E-state index contributed by atoms with van der Waals surface area (Å²) in [5.41, 5.74) is 0.751. The monoisotopic (exact) mass is 672 g/mol. The van der Waals surface area contributed by atoms with Gasteiger partial charge in [-0.25, -0.2) is 0 Å². The highest BCUT2D eigenvalue weighted by Crippen LogP contribution is 2.19. The van der Waals surface area contributed by atoms with E-state index in [0.29, 0.717) is 32.2 Å². The first-order valence-electron chi connectivity index (χ1n) is 16.3. The minimum absolute atomic E-state index is 0.119. The van der Waals surface area contributed by atoms with Crippen LogP contribution in [-0.2, 0) is 49.5 Å². The molecule has 1 fully saturated rings. The topological polar surface area (TPSA) is 209 Å². The van der Waals surface area contributed by atoms with Gasteiger partial charge in [-0.15, -0.1) is 0 Å². The Hall–Kier alpha value is -4.66. The number of imide groups is 1. The van der Waals surface area contributed by atoms with Crippen LogP contribution in [0, 0.1) is 5.92 Å². The number of carbonyl (C=O) groups is 8. The summed E-state index contributed by atoms with van der Waals surface area (Å²) < 4.78 is 5.40. The van der Waals surface area contributed by atoms with Crippen LogP contribution in [0.3, 0.4) is 0 Å². The fourth-order valence-electron chi connectivity index (χ4n) is 4.87. The number of Topliss-reactive ketones (excluding diaryl/α,β-unsaturated/α-hetero) is 1. The van der Waals surface area contributed by atoms with Crippen molar-refractivity contribution in [1.82, 2.24) is 31.5 Å². The number of ether oxygens (including phenoxy) is 1. The maximum Gasteiger partial charge on any atom is 0.243 e. The van der Waals surface area contributed by atoms with E-state index in [0.717, 1.165) is 12.0 Å². The maximum absolute atomic E-state index is 12.9. The first kappa shape index (κ1) is 39.5. The number of likely N-dealkylation sites (tertiary alicyclic amines) is 1. The number of carbonyl (C=O) groups excluding carboxylic acids is 8. The molecular weight excluding hydrogens is 624 g/mol. The molecule has 3 unspecified atom stereocenters. The summed E-state index contributed by atoms with van der Waals surface area (Å²) in [5.74, 6) is -3.55. The molecule has 1 heterocycles. The molecule has 1 saturated heterocycles. The number of rotatable bonds is 22. The molecule has 0 aliphatic carbocycles. The molecule has 0 aromatic heterocycles. The minimum atomic E-state index is -1.06. The van der Waals surface area contributed by atoms with Gasteiger partial charge < -0.3 is 31.3 Å². The van der Waals surface area contributed by atoms with E-state index in [1.807, 2.05) is 6.92 Å². The number of hydrogen-bond donors (Lipinski definition) is 5. The molecule has 7 amide bonds. The maximum atomic E-state index is 12.9. The van der Waals surface area contributed by atoms with Crippen LogP contribution in [0.2, 0.25) is 0 Å². The predicted molar refractivity (Wildman–Crippen MR) is 174 cm³/mol. The van der Waals surface area contributed by atoms with Crippen LogP contribution in [0.1, 0.15) is 71.3 Å². The highest BCUT2D eigenvalue weighted by atomic mass is 16.5. The van der Waals surface area contributed by atoms with E-state index in [1.54, 1.807) is 37.3 Å². The molecule has 0 bridgehead atoms. The zero-order valence-corrected chi connectivity index (χ0v) is 27.9. The third kappa shape index (κ3) is 14.8. The number of hydrogen-bond acceptors (Lipinski definition) is 9. The van der Waals surface area contributed by atoms with E-state index in [2.05, 4.69) is 26.6 Å². The summed E-state index contributed by atoms with van der Waals surface area (Å²) in [6.07, 6.45) is 2.87. The molecule has 2 rings (SSSR count). The Morgan fingerprint density at radius 1 is 0.854 bits per heavy atom. The van der Waals surface area contributed by atoms with Crippen molar-refractivity contribution >= 4 is 47.1 Å². The molecule has 0 saturated carbocycles. The van der Waals surface area contributed by atoms with Crippen molar-refractivity contribution in [2.75, 3.05) is 32.9 Å². The SMILES string of the molecule is CCCC(OCNC(=O)CNC(=O)C(Cc1ccccc1)NC(=O)CNC(=O)CNC(=O)CCCCCN1C(=O)CC(C)C1=O)C(C)=O. The van der Waals surface area contributed by atoms with E-state index in [9.17, 15) is 38.4 Å². The van der Waals surface area contributed by atoms with Crippen molar-refractivity contribution in [1.29, 1.82) is 0 Å². The number of benzene rings is 1. The molecule has 264 valence electrons. The highest BCUT2D eigenvalue weighted by Gasteiger charge is 2.34. The second-order valence-corrected chi connectivity index (χ2v) is 11.7. The van der Waals surface area contributed by atoms with Crippen molar-refractivity contribution < 1.29 is 43.1 Å². The second kappa shape index (κ2) is 21.3. The van der Waals surface area contributed by atoms with Gasteiger partial charge in [0.05, 0.1) is 19.6 Å². The van der Waals surface area contributed by atoms with Gasteiger partial charge in [-0.2, -0.15) is 0 Å². The third-order valence-electron chi connectivity index (χ3n) is 7.56. The quantitative estimate of drug-likeness (QED) is 0.0630. The largest absolute Gasteiger partial charge is 0.350 e. The average Bonchev–Trinajstić information content (AvgIpc) is 3.30. The Morgan fingerprint density at radius 3 is 2.15 bits per heavy atom.